The van der Waals surface area contributed by atoms with Crippen LogP contribution in [0, 0.1) is 0 Å². The maximum Gasteiger partial charge on any atom is 0.128 e. The topological polar surface area (TPSA) is 22.1 Å². The molecule has 0 unspecified atom stereocenters. The summed E-state index contributed by atoms with van der Waals surface area (Å²) in [6, 6.07) is 22.2. The first-order chi connectivity index (χ1) is 10.9. The smallest absolute Gasteiger partial charge is 0.128 e. The van der Waals surface area contributed by atoms with E-state index in [4.69, 9.17) is 4.74 Å². The summed E-state index contributed by atoms with van der Waals surface area (Å²) in [6.07, 6.45) is 6.00. The molecule has 0 aliphatic carbocycles. The highest BCUT2D eigenvalue weighted by atomic mass is 16.5. The molecule has 0 aliphatic heterocycles. The van der Waals surface area contributed by atoms with Crippen LogP contribution in [0.15, 0.2) is 72.9 Å². The maximum atomic E-state index is 5.52. The lowest BCUT2D eigenvalue weighted by molar-refractivity contribution is 0.416. The molecule has 0 radical (unpaired) electrons. The first-order valence-electron chi connectivity index (χ1n) is 7.20. The second-order valence-corrected chi connectivity index (χ2v) is 4.88. The summed E-state index contributed by atoms with van der Waals surface area (Å²) in [7, 11) is 1.69. The van der Waals surface area contributed by atoms with Crippen LogP contribution >= 0.6 is 0 Å². The van der Waals surface area contributed by atoms with Crippen LogP contribution in [0.25, 0.3) is 23.4 Å². The first kappa shape index (κ1) is 14.1. The molecule has 0 amide bonds. The van der Waals surface area contributed by atoms with Crippen LogP contribution < -0.4 is 4.74 Å². The van der Waals surface area contributed by atoms with Crippen molar-refractivity contribution in [3.63, 3.8) is 0 Å². The Morgan fingerprint density at radius 1 is 0.818 bits per heavy atom. The Balaban J connectivity index is 2.06. The Morgan fingerprint density at radius 2 is 1.64 bits per heavy atom. The summed E-state index contributed by atoms with van der Waals surface area (Å²) in [5.41, 5.74) is 4.17. The predicted molar refractivity (Wildman–Crippen MR) is 91.6 cm³/mol. The minimum atomic E-state index is 0.828. The zero-order valence-corrected chi connectivity index (χ0v) is 12.4. The highest BCUT2D eigenvalue weighted by molar-refractivity contribution is 5.83. The Hall–Kier alpha value is -2.87. The molecule has 2 heteroatoms. The van der Waals surface area contributed by atoms with Crippen LogP contribution in [-0.4, -0.2) is 12.1 Å². The molecule has 22 heavy (non-hydrogen) atoms. The fraction of sp³-hybridized carbons (Fsp3) is 0.0500. The fourth-order valence-corrected chi connectivity index (χ4v) is 2.39. The Kier molecular flexibility index (Phi) is 4.30. The maximum absolute atomic E-state index is 5.52. The quantitative estimate of drug-likeness (QED) is 0.635. The van der Waals surface area contributed by atoms with Gasteiger partial charge in [0.05, 0.1) is 12.8 Å². The summed E-state index contributed by atoms with van der Waals surface area (Å²) in [5.74, 6) is 0.828. The molecular formula is C20H17NO. The lowest BCUT2D eigenvalue weighted by atomic mass is 10.0. The number of rotatable bonds is 4. The Morgan fingerprint density at radius 3 is 2.36 bits per heavy atom. The van der Waals surface area contributed by atoms with Gasteiger partial charge >= 0.3 is 0 Å². The summed E-state index contributed by atoms with van der Waals surface area (Å²) >= 11 is 0. The number of ether oxygens (including phenoxy) is 1. The number of hydrogen-bond donors (Lipinski definition) is 0. The van der Waals surface area contributed by atoms with Crippen molar-refractivity contribution in [2.75, 3.05) is 7.11 Å². The van der Waals surface area contributed by atoms with E-state index in [0.717, 1.165) is 28.1 Å². The largest absolute Gasteiger partial charge is 0.496 e. The number of benzene rings is 2. The normalized spacial score (nSPS) is 10.8. The molecule has 0 saturated heterocycles. The molecule has 0 fully saturated rings. The van der Waals surface area contributed by atoms with Crippen molar-refractivity contribution in [2.24, 2.45) is 0 Å². The number of methoxy groups -OCH3 is 1. The second kappa shape index (κ2) is 6.72. The predicted octanol–water partition coefficient (Wildman–Crippen LogP) is 4.93. The van der Waals surface area contributed by atoms with Crippen molar-refractivity contribution >= 4 is 12.2 Å². The molecule has 0 saturated carbocycles. The lowest BCUT2D eigenvalue weighted by Crippen LogP contribution is -1.92. The average molecular weight is 287 g/mol. The van der Waals surface area contributed by atoms with Gasteiger partial charge in [0, 0.05) is 11.8 Å². The summed E-state index contributed by atoms with van der Waals surface area (Å²) in [6.45, 7) is 0. The van der Waals surface area contributed by atoms with Gasteiger partial charge in [0.2, 0.25) is 0 Å². The van der Waals surface area contributed by atoms with E-state index in [1.54, 1.807) is 13.3 Å². The Labute approximate surface area is 130 Å². The van der Waals surface area contributed by atoms with E-state index < -0.39 is 0 Å². The monoisotopic (exact) mass is 287 g/mol. The van der Waals surface area contributed by atoms with E-state index in [2.05, 4.69) is 35.3 Å². The number of hydrogen-bond acceptors (Lipinski definition) is 2. The average Bonchev–Trinajstić information content (AvgIpc) is 2.61. The van der Waals surface area contributed by atoms with Crippen molar-refractivity contribution in [2.45, 2.75) is 0 Å². The van der Waals surface area contributed by atoms with E-state index >= 15 is 0 Å². The third kappa shape index (κ3) is 3.07. The third-order valence-electron chi connectivity index (χ3n) is 3.45. The van der Waals surface area contributed by atoms with E-state index in [1.807, 2.05) is 48.5 Å². The van der Waals surface area contributed by atoms with Crippen LogP contribution in [0.5, 0.6) is 5.75 Å². The first-order valence-corrected chi connectivity index (χ1v) is 7.20. The van der Waals surface area contributed by atoms with Gasteiger partial charge in [-0.3, -0.25) is 4.98 Å². The van der Waals surface area contributed by atoms with Gasteiger partial charge in [0.1, 0.15) is 5.75 Å². The highest BCUT2D eigenvalue weighted by Gasteiger charge is 2.10. The van der Waals surface area contributed by atoms with Gasteiger partial charge in [-0.15, -0.1) is 0 Å². The van der Waals surface area contributed by atoms with Crippen molar-refractivity contribution in [1.82, 2.24) is 4.98 Å². The molecule has 1 aromatic heterocycles. The molecule has 3 rings (SSSR count). The van der Waals surface area contributed by atoms with Crippen LogP contribution in [0.4, 0.5) is 0 Å². The lowest BCUT2D eigenvalue weighted by Gasteiger charge is -2.11. The molecule has 0 atom stereocenters. The molecule has 0 spiro atoms. The second-order valence-electron chi connectivity index (χ2n) is 4.88. The van der Waals surface area contributed by atoms with Gasteiger partial charge < -0.3 is 4.74 Å². The van der Waals surface area contributed by atoms with Crippen molar-refractivity contribution in [3.05, 3.63) is 84.1 Å². The zero-order valence-electron chi connectivity index (χ0n) is 12.4. The number of aromatic nitrogens is 1. The van der Waals surface area contributed by atoms with Crippen molar-refractivity contribution in [1.29, 1.82) is 0 Å². The zero-order chi connectivity index (χ0) is 15.2. The van der Waals surface area contributed by atoms with Gasteiger partial charge in [-0.05, 0) is 29.3 Å². The van der Waals surface area contributed by atoms with Gasteiger partial charge in [-0.2, -0.15) is 0 Å². The van der Waals surface area contributed by atoms with Crippen LogP contribution in [-0.2, 0) is 0 Å². The molecule has 1 heterocycles. The van der Waals surface area contributed by atoms with E-state index in [1.165, 1.54) is 0 Å². The van der Waals surface area contributed by atoms with Crippen molar-refractivity contribution in [3.8, 4) is 17.0 Å². The fourth-order valence-electron chi connectivity index (χ4n) is 2.39. The summed E-state index contributed by atoms with van der Waals surface area (Å²) in [5, 5.41) is 0. The van der Waals surface area contributed by atoms with Crippen LogP contribution in [0.2, 0.25) is 0 Å². The SMILES string of the molecule is COc1cccc(/C=C/c2ccccc2)c1-c1ccccn1. The highest BCUT2D eigenvalue weighted by Crippen LogP contribution is 2.33. The molecule has 0 N–H and O–H groups in total. The molecule has 0 bridgehead atoms. The van der Waals surface area contributed by atoms with Gasteiger partial charge in [-0.1, -0.05) is 60.7 Å². The summed E-state index contributed by atoms with van der Waals surface area (Å²) < 4.78 is 5.52. The molecule has 2 aromatic carbocycles. The van der Waals surface area contributed by atoms with Crippen LogP contribution in [0.1, 0.15) is 11.1 Å². The van der Waals surface area contributed by atoms with Crippen molar-refractivity contribution < 1.29 is 4.74 Å². The minimum Gasteiger partial charge on any atom is -0.496 e. The molecule has 3 aromatic rings. The molecule has 2 nitrogen and oxygen atoms in total. The molecule has 0 aliphatic rings. The van der Waals surface area contributed by atoms with Gasteiger partial charge in [0.25, 0.3) is 0 Å². The van der Waals surface area contributed by atoms with E-state index in [0.29, 0.717) is 0 Å². The van der Waals surface area contributed by atoms with E-state index in [9.17, 15) is 0 Å². The standard InChI is InChI=1S/C20H17NO/c1-22-19-12-7-10-17(14-13-16-8-3-2-4-9-16)20(19)18-11-5-6-15-21-18/h2-15H,1H3/b14-13+. The number of nitrogens with zero attached hydrogens (tertiary/aromatic N) is 1. The third-order valence-corrected chi connectivity index (χ3v) is 3.45. The number of pyridine rings is 1. The minimum absolute atomic E-state index is 0.828. The Bertz CT molecular complexity index is 764. The van der Waals surface area contributed by atoms with Crippen LogP contribution in [0.3, 0.4) is 0 Å². The van der Waals surface area contributed by atoms with Gasteiger partial charge in [0.15, 0.2) is 0 Å². The summed E-state index contributed by atoms with van der Waals surface area (Å²) in [4.78, 5) is 4.46. The van der Waals surface area contributed by atoms with E-state index in [-0.39, 0.29) is 0 Å². The molecular weight excluding hydrogens is 270 g/mol. The molecule has 108 valence electrons. The van der Waals surface area contributed by atoms with Gasteiger partial charge in [-0.25, -0.2) is 0 Å².